The average molecular weight is 307 g/mol. The van der Waals surface area contributed by atoms with Crippen molar-refractivity contribution in [2.75, 3.05) is 36.5 Å². The molecule has 0 spiro atoms. The fourth-order valence-electron chi connectivity index (χ4n) is 2.16. The Hall–Kier alpha value is -1.04. The molecule has 1 aromatic carbocycles. The Morgan fingerprint density at radius 3 is 2.48 bits per heavy atom. The second-order valence-corrected chi connectivity index (χ2v) is 7.30. The molecule has 1 saturated heterocycles. The quantitative estimate of drug-likeness (QED) is 0.873. The third-order valence-electron chi connectivity index (χ3n) is 3.62. The van der Waals surface area contributed by atoms with Crippen molar-refractivity contribution in [3.63, 3.8) is 0 Å². The summed E-state index contributed by atoms with van der Waals surface area (Å²) in [4.78, 5) is 14.3. The van der Waals surface area contributed by atoms with Gasteiger partial charge < -0.3 is 16.0 Å². The molecule has 0 saturated carbocycles. The van der Waals surface area contributed by atoms with Crippen molar-refractivity contribution in [2.24, 2.45) is 5.73 Å². The molecule has 0 radical (unpaired) electrons. The van der Waals surface area contributed by atoms with E-state index in [1.54, 1.807) is 13.8 Å². The van der Waals surface area contributed by atoms with E-state index in [0.717, 1.165) is 18.7 Å². The molecule has 116 valence electrons. The van der Waals surface area contributed by atoms with E-state index in [-0.39, 0.29) is 5.91 Å². The van der Waals surface area contributed by atoms with E-state index in [0.29, 0.717) is 0 Å². The highest BCUT2D eigenvalue weighted by Gasteiger charge is 2.21. The number of rotatable bonds is 5. The Morgan fingerprint density at radius 2 is 1.90 bits per heavy atom. The Bertz CT molecular complexity index is 461. The number of amides is 1. The lowest BCUT2D eigenvalue weighted by Gasteiger charge is -2.26. The summed E-state index contributed by atoms with van der Waals surface area (Å²) in [6, 6.07) is 8.06. The van der Waals surface area contributed by atoms with Crippen LogP contribution in [0, 0.1) is 0 Å². The van der Waals surface area contributed by atoms with Crippen molar-refractivity contribution < 1.29 is 4.79 Å². The van der Waals surface area contributed by atoms with Gasteiger partial charge in [0.1, 0.15) is 0 Å². The standard InChI is InChI=1S/C16H25N3OS/c1-16(2,17)15(20)18-14-5-3-13(4-6-14)7-8-19-9-11-21-12-10-19/h3-6H,7-12,17H2,1-2H3,(H,18,20). The normalized spacial score (nSPS) is 16.7. The molecule has 0 atom stereocenters. The highest BCUT2D eigenvalue weighted by Crippen LogP contribution is 2.14. The number of anilines is 1. The molecule has 1 heterocycles. The maximum Gasteiger partial charge on any atom is 0.243 e. The zero-order valence-electron chi connectivity index (χ0n) is 12.9. The van der Waals surface area contributed by atoms with Crippen LogP contribution in [-0.4, -0.2) is 47.5 Å². The molecule has 0 aliphatic carbocycles. The molecule has 0 unspecified atom stereocenters. The van der Waals surface area contributed by atoms with E-state index < -0.39 is 5.54 Å². The smallest absolute Gasteiger partial charge is 0.243 e. The number of hydrogen-bond acceptors (Lipinski definition) is 4. The molecular weight excluding hydrogens is 282 g/mol. The van der Waals surface area contributed by atoms with Gasteiger partial charge in [0, 0.05) is 36.8 Å². The van der Waals surface area contributed by atoms with Gasteiger partial charge >= 0.3 is 0 Å². The van der Waals surface area contributed by atoms with Crippen LogP contribution in [0.5, 0.6) is 0 Å². The van der Waals surface area contributed by atoms with Gasteiger partial charge in [-0.15, -0.1) is 0 Å². The van der Waals surface area contributed by atoms with E-state index in [1.165, 1.54) is 30.2 Å². The molecule has 2 rings (SSSR count). The second-order valence-electron chi connectivity index (χ2n) is 6.08. The number of hydrogen-bond donors (Lipinski definition) is 2. The van der Waals surface area contributed by atoms with Gasteiger partial charge in [0.05, 0.1) is 5.54 Å². The monoisotopic (exact) mass is 307 g/mol. The zero-order valence-corrected chi connectivity index (χ0v) is 13.7. The Kier molecular flexibility index (Phi) is 5.67. The van der Waals surface area contributed by atoms with Gasteiger partial charge in [0.2, 0.25) is 5.91 Å². The van der Waals surface area contributed by atoms with Gasteiger partial charge in [-0.1, -0.05) is 12.1 Å². The Labute approximate surface area is 131 Å². The predicted octanol–water partition coefficient (Wildman–Crippen LogP) is 1.95. The summed E-state index contributed by atoms with van der Waals surface area (Å²) in [5.74, 6) is 2.33. The van der Waals surface area contributed by atoms with Crippen molar-refractivity contribution in [3.05, 3.63) is 29.8 Å². The summed E-state index contributed by atoms with van der Waals surface area (Å²) in [5.41, 5.74) is 7.02. The topological polar surface area (TPSA) is 58.4 Å². The maximum absolute atomic E-state index is 11.8. The molecule has 21 heavy (non-hydrogen) atoms. The lowest BCUT2D eigenvalue weighted by atomic mass is 10.1. The van der Waals surface area contributed by atoms with Gasteiger partial charge in [-0.3, -0.25) is 4.79 Å². The van der Waals surface area contributed by atoms with E-state index in [9.17, 15) is 4.79 Å². The molecule has 5 heteroatoms. The third-order valence-corrected chi connectivity index (χ3v) is 4.56. The number of benzene rings is 1. The fourth-order valence-corrected chi connectivity index (χ4v) is 3.14. The van der Waals surface area contributed by atoms with Crippen molar-refractivity contribution >= 4 is 23.4 Å². The molecule has 0 aromatic heterocycles. The number of thioether (sulfide) groups is 1. The number of nitrogens with one attached hydrogen (secondary N) is 1. The van der Waals surface area contributed by atoms with Crippen LogP contribution in [0.15, 0.2) is 24.3 Å². The predicted molar refractivity (Wildman–Crippen MR) is 90.8 cm³/mol. The van der Waals surface area contributed by atoms with Crippen molar-refractivity contribution in [1.29, 1.82) is 0 Å². The fraction of sp³-hybridized carbons (Fsp3) is 0.562. The third kappa shape index (κ3) is 5.34. The molecule has 4 nitrogen and oxygen atoms in total. The average Bonchev–Trinajstić information content (AvgIpc) is 2.46. The summed E-state index contributed by atoms with van der Waals surface area (Å²) in [5, 5.41) is 2.84. The van der Waals surface area contributed by atoms with Crippen LogP contribution >= 0.6 is 11.8 Å². The van der Waals surface area contributed by atoms with Gasteiger partial charge in [-0.2, -0.15) is 11.8 Å². The molecule has 0 bridgehead atoms. The summed E-state index contributed by atoms with van der Waals surface area (Å²) >= 11 is 2.04. The number of carbonyl (C=O) groups excluding carboxylic acids is 1. The van der Waals surface area contributed by atoms with Crippen LogP contribution < -0.4 is 11.1 Å². The summed E-state index contributed by atoms with van der Waals surface area (Å²) in [6.45, 7) is 6.91. The molecule has 1 aliphatic rings. The first kappa shape index (κ1) is 16.3. The number of carbonyl (C=O) groups is 1. The maximum atomic E-state index is 11.8. The highest BCUT2D eigenvalue weighted by atomic mass is 32.2. The van der Waals surface area contributed by atoms with E-state index in [1.807, 2.05) is 23.9 Å². The molecule has 1 amide bonds. The number of nitrogens with zero attached hydrogens (tertiary/aromatic N) is 1. The van der Waals surface area contributed by atoms with Gasteiger partial charge in [-0.25, -0.2) is 0 Å². The molecule has 1 fully saturated rings. The van der Waals surface area contributed by atoms with Crippen LogP contribution in [0.1, 0.15) is 19.4 Å². The van der Waals surface area contributed by atoms with Gasteiger partial charge in [-0.05, 0) is 38.0 Å². The van der Waals surface area contributed by atoms with E-state index >= 15 is 0 Å². The van der Waals surface area contributed by atoms with Crippen LogP contribution in [0.4, 0.5) is 5.69 Å². The van der Waals surface area contributed by atoms with E-state index in [2.05, 4.69) is 22.3 Å². The first-order valence-electron chi connectivity index (χ1n) is 7.44. The first-order valence-corrected chi connectivity index (χ1v) is 8.60. The Balaban J connectivity index is 1.82. The highest BCUT2D eigenvalue weighted by molar-refractivity contribution is 7.99. The van der Waals surface area contributed by atoms with Crippen molar-refractivity contribution in [3.8, 4) is 0 Å². The minimum Gasteiger partial charge on any atom is -0.325 e. The van der Waals surface area contributed by atoms with Crippen LogP contribution in [-0.2, 0) is 11.2 Å². The van der Waals surface area contributed by atoms with E-state index in [4.69, 9.17) is 5.73 Å². The van der Waals surface area contributed by atoms with Crippen LogP contribution in [0.25, 0.3) is 0 Å². The largest absolute Gasteiger partial charge is 0.325 e. The Morgan fingerprint density at radius 1 is 1.29 bits per heavy atom. The van der Waals surface area contributed by atoms with Crippen LogP contribution in [0.3, 0.4) is 0 Å². The summed E-state index contributed by atoms with van der Waals surface area (Å²) in [6.07, 6.45) is 1.06. The molecule has 1 aromatic rings. The minimum absolute atomic E-state index is 0.166. The zero-order chi connectivity index (χ0) is 15.3. The molecular formula is C16H25N3OS. The number of nitrogens with two attached hydrogens (primary N) is 1. The van der Waals surface area contributed by atoms with Crippen LogP contribution in [0.2, 0.25) is 0 Å². The summed E-state index contributed by atoms with van der Waals surface area (Å²) < 4.78 is 0. The first-order chi connectivity index (χ1) is 9.95. The van der Waals surface area contributed by atoms with Gasteiger partial charge in [0.15, 0.2) is 0 Å². The van der Waals surface area contributed by atoms with Gasteiger partial charge in [0.25, 0.3) is 0 Å². The second kappa shape index (κ2) is 7.29. The van der Waals surface area contributed by atoms with Crippen molar-refractivity contribution in [2.45, 2.75) is 25.8 Å². The minimum atomic E-state index is -0.856. The molecule has 1 aliphatic heterocycles. The lowest BCUT2D eigenvalue weighted by molar-refractivity contribution is -0.120. The SMILES string of the molecule is CC(C)(N)C(=O)Nc1ccc(CCN2CCSCC2)cc1. The van der Waals surface area contributed by atoms with Crippen molar-refractivity contribution in [1.82, 2.24) is 4.90 Å². The lowest BCUT2D eigenvalue weighted by Crippen LogP contribution is -2.45. The molecule has 3 N–H and O–H groups in total. The summed E-state index contributed by atoms with van der Waals surface area (Å²) in [7, 11) is 0.